The Bertz CT molecular complexity index is 524. The number of hydrogen-bond donors (Lipinski definition) is 1. The average molecular weight is 330 g/mol. The molecule has 0 saturated carbocycles. The Morgan fingerprint density at radius 2 is 2.00 bits per heavy atom. The predicted molar refractivity (Wildman–Crippen MR) is 74.8 cm³/mol. The van der Waals surface area contributed by atoms with Crippen LogP contribution in [0.3, 0.4) is 0 Å². The van der Waals surface area contributed by atoms with Crippen LogP contribution < -0.4 is 5.32 Å². The van der Waals surface area contributed by atoms with E-state index >= 15 is 0 Å². The molecular formula is C11H15IN4. The first-order valence-electron chi connectivity index (χ1n) is 5.16. The van der Waals surface area contributed by atoms with Gasteiger partial charge in [-0.25, -0.2) is 4.98 Å². The van der Waals surface area contributed by atoms with E-state index in [9.17, 15) is 0 Å². The van der Waals surface area contributed by atoms with Gasteiger partial charge in [-0.2, -0.15) is 4.98 Å². The molecule has 0 fully saturated rings. The summed E-state index contributed by atoms with van der Waals surface area (Å²) in [6.45, 7) is 6.50. The molecule has 0 aliphatic rings. The fraction of sp³-hybridized carbons (Fsp3) is 0.455. The van der Waals surface area contributed by atoms with Crippen LogP contribution in [0.4, 0.5) is 5.95 Å². The monoisotopic (exact) mass is 330 g/mol. The Hall–Kier alpha value is -0.850. The first-order valence-corrected chi connectivity index (χ1v) is 6.24. The van der Waals surface area contributed by atoms with Gasteiger partial charge in [0, 0.05) is 18.8 Å². The van der Waals surface area contributed by atoms with Crippen LogP contribution in [0.5, 0.6) is 0 Å². The van der Waals surface area contributed by atoms with Crippen LogP contribution in [0, 0.1) is 3.70 Å². The molecule has 2 heterocycles. The molecule has 0 aliphatic heterocycles. The van der Waals surface area contributed by atoms with Gasteiger partial charge in [-0.3, -0.25) is 0 Å². The molecular weight excluding hydrogens is 315 g/mol. The molecule has 0 unspecified atom stereocenters. The van der Waals surface area contributed by atoms with Crippen molar-refractivity contribution in [3.8, 4) is 0 Å². The Morgan fingerprint density at radius 3 is 2.56 bits per heavy atom. The molecule has 0 saturated heterocycles. The topological polar surface area (TPSA) is 42.7 Å². The molecule has 5 heteroatoms. The molecule has 4 nitrogen and oxygen atoms in total. The number of fused-ring (bicyclic) bond motifs is 1. The third-order valence-corrected chi connectivity index (χ3v) is 3.27. The zero-order chi connectivity index (χ0) is 11.9. The van der Waals surface area contributed by atoms with Crippen LogP contribution in [-0.2, 0) is 5.54 Å². The summed E-state index contributed by atoms with van der Waals surface area (Å²) >= 11 is 2.24. The Kier molecular flexibility index (Phi) is 2.81. The molecule has 86 valence electrons. The van der Waals surface area contributed by atoms with Crippen molar-refractivity contribution < 1.29 is 0 Å². The second-order valence-corrected chi connectivity index (χ2v) is 5.70. The summed E-state index contributed by atoms with van der Waals surface area (Å²) < 4.78 is 3.16. The van der Waals surface area contributed by atoms with E-state index in [-0.39, 0.29) is 5.54 Å². The highest BCUT2D eigenvalue weighted by Crippen LogP contribution is 2.25. The first kappa shape index (κ1) is 11.6. The van der Waals surface area contributed by atoms with Gasteiger partial charge in [0.15, 0.2) is 0 Å². The highest BCUT2D eigenvalue weighted by Gasteiger charge is 2.18. The van der Waals surface area contributed by atoms with Crippen molar-refractivity contribution in [2.75, 3.05) is 12.4 Å². The molecule has 2 rings (SSSR count). The lowest BCUT2D eigenvalue weighted by Gasteiger charge is -2.22. The quantitative estimate of drug-likeness (QED) is 0.646. The van der Waals surface area contributed by atoms with Gasteiger partial charge in [-0.15, -0.1) is 0 Å². The molecule has 0 bridgehead atoms. The zero-order valence-electron chi connectivity index (χ0n) is 9.87. The molecule has 0 aliphatic carbocycles. The number of nitrogens with one attached hydrogen (secondary N) is 1. The van der Waals surface area contributed by atoms with E-state index < -0.39 is 0 Å². The third-order valence-electron chi connectivity index (χ3n) is 2.44. The van der Waals surface area contributed by atoms with Gasteiger partial charge in [0.2, 0.25) is 5.95 Å². The first-order chi connectivity index (χ1) is 7.43. The van der Waals surface area contributed by atoms with E-state index in [0.29, 0.717) is 5.95 Å². The fourth-order valence-corrected chi connectivity index (χ4v) is 2.28. The minimum atomic E-state index is 0.0319. The maximum Gasteiger partial charge on any atom is 0.225 e. The van der Waals surface area contributed by atoms with E-state index in [1.165, 1.54) is 0 Å². The molecule has 0 radical (unpaired) electrons. The van der Waals surface area contributed by atoms with Crippen LogP contribution >= 0.6 is 22.6 Å². The lowest BCUT2D eigenvalue weighted by molar-refractivity contribution is 0.408. The summed E-state index contributed by atoms with van der Waals surface area (Å²) in [5.41, 5.74) is 1.01. The van der Waals surface area contributed by atoms with Crippen molar-refractivity contribution in [3.63, 3.8) is 0 Å². The van der Waals surface area contributed by atoms with Crippen molar-refractivity contribution >= 4 is 39.6 Å². The Morgan fingerprint density at radius 1 is 1.31 bits per heavy atom. The third kappa shape index (κ3) is 1.88. The molecule has 0 amide bonds. The van der Waals surface area contributed by atoms with Crippen LogP contribution in [0.2, 0.25) is 0 Å². The van der Waals surface area contributed by atoms with Crippen molar-refractivity contribution in [2.45, 2.75) is 26.3 Å². The maximum absolute atomic E-state index is 4.52. The normalized spacial score (nSPS) is 12.1. The largest absolute Gasteiger partial charge is 0.357 e. The number of aromatic nitrogens is 3. The van der Waals surface area contributed by atoms with Crippen molar-refractivity contribution in [1.82, 2.24) is 14.5 Å². The summed E-state index contributed by atoms with van der Waals surface area (Å²) in [6.07, 6.45) is 2.07. The number of nitrogens with zero attached hydrogens (tertiary/aromatic N) is 3. The van der Waals surface area contributed by atoms with E-state index in [0.717, 1.165) is 14.7 Å². The van der Waals surface area contributed by atoms with Crippen molar-refractivity contribution in [1.29, 1.82) is 0 Å². The highest BCUT2D eigenvalue weighted by molar-refractivity contribution is 14.1. The standard InChI is InChI=1S/C11H15IN4/c1-11(2,3)16-6-5-7-8(12)14-10(13-4)15-9(7)16/h5-6H,1-4H3,(H,13,14,15). The van der Waals surface area contributed by atoms with Gasteiger partial charge in [-0.05, 0) is 49.4 Å². The van der Waals surface area contributed by atoms with E-state index in [4.69, 9.17) is 0 Å². The maximum atomic E-state index is 4.52. The summed E-state index contributed by atoms with van der Waals surface area (Å²) in [4.78, 5) is 8.88. The van der Waals surface area contributed by atoms with Crippen LogP contribution in [-0.4, -0.2) is 21.6 Å². The Balaban J connectivity index is 2.75. The summed E-state index contributed by atoms with van der Waals surface area (Å²) in [5.74, 6) is 0.668. The van der Waals surface area contributed by atoms with Crippen LogP contribution in [0.25, 0.3) is 11.0 Å². The number of rotatable bonds is 1. The predicted octanol–water partition coefficient (Wildman–Crippen LogP) is 2.83. The van der Waals surface area contributed by atoms with Crippen LogP contribution in [0.1, 0.15) is 20.8 Å². The molecule has 2 aromatic heterocycles. The summed E-state index contributed by atoms with van der Waals surface area (Å²) in [7, 11) is 1.83. The van der Waals surface area contributed by atoms with Gasteiger partial charge < -0.3 is 9.88 Å². The van der Waals surface area contributed by atoms with E-state index in [1.807, 2.05) is 7.05 Å². The fourth-order valence-electron chi connectivity index (χ4n) is 1.63. The highest BCUT2D eigenvalue weighted by atomic mass is 127. The van der Waals surface area contributed by atoms with Gasteiger partial charge in [0.05, 0.1) is 5.39 Å². The average Bonchev–Trinajstić information content (AvgIpc) is 2.60. The van der Waals surface area contributed by atoms with E-state index in [1.54, 1.807) is 0 Å². The van der Waals surface area contributed by atoms with Gasteiger partial charge in [-0.1, -0.05) is 0 Å². The van der Waals surface area contributed by atoms with Gasteiger partial charge in [0.1, 0.15) is 9.35 Å². The van der Waals surface area contributed by atoms with Crippen molar-refractivity contribution in [3.05, 3.63) is 16.0 Å². The molecule has 16 heavy (non-hydrogen) atoms. The Labute approximate surface area is 109 Å². The van der Waals surface area contributed by atoms with Gasteiger partial charge in [0.25, 0.3) is 0 Å². The SMILES string of the molecule is CNc1nc(I)c2ccn(C(C)(C)C)c2n1. The minimum absolute atomic E-state index is 0.0319. The van der Waals surface area contributed by atoms with Gasteiger partial charge >= 0.3 is 0 Å². The number of anilines is 1. The second kappa shape index (κ2) is 3.87. The van der Waals surface area contributed by atoms with Crippen LogP contribution in [0.15, 0.2) is 12.3 Å². The lowest BCUT2D eigenvalue weighted by Crippen LogP contribution is -2.21. The smallest absolute Gasteiger partial charge is 0.225 e. The lowest BCUT2D eigenvalue weighted by atomic mass is 10.1. The van der Waals surface area contributed by atoms with Crippen molar-refractivity contribution in [2.24, 2.45) is 0 Å². The molecule has 1 N–H and O–H groups in total. The molecule has 0 aromatic carbocycles. The van der Waals surface area contributed by atoms with E-state index in [2.05, 4.69) is 75.5 Å². The molecule has 2 aromatic rings. The summed E-state index contributed by atoms with van der Waals surface area (Å²) in [5, 5.41) is 4.09. The summed E-state index contributed by atoms with van der Waals surface area (Å²) in [6, 6.07) is 2.07. The zero-order valence-corrected chi connectivity index (χ0v) is 12.0. The number of halogens is 1. The minimum Gasteiger partial charge on any atom is -0.357 e. The second-order valence-electron chi connectivity index (χ2n) is 4.68. The molecule has 0 spiro atoms. The number of hydrogen-bond acceptors (Lipinski definition) is 3. The molecule has 0 atom stereocenters.